The number of hydrogen-bond donors (Lipinski definition) is 1. The Morgan fingerprint density at radius 1 is 1.19 bits per heavy atom. The molecule has 0 aromatic rings. The summed E-state index contributed by atoms with van der Waals surface area (Å²) in [5.74, 6) is -1.37. The summed E-state index contributed by atoms with van der Waals surface area (Å²) in [5.41, 5.74) is -0.888. The van der Waals surface area contributed by atoms with Crippen molar-refractivity contribution in [1.82, 2.24) is 0 Å². The van der Waals surface area contributed by atoms with Crippen LogP contribution in [-0.4, -0.2) is 61.0 Å². The van der Waals surface area contributed by atoms with Crippen LogP contribution in [0.15, 0.2) is 0 Å². The van der Waals surface area contributed by atoms with E-state index in [4.69, 9.17) is 23.5 Å². The third kappa shape index (κ3) is 2.51. The van der Waals surface area contributed by atoms with Crippen LogP contribution in [0.4, 0.5) is 8.78 Å². The summed E-state index contributed by atoms with van der Waals surface area (Å²) in [7, 11) is -5.53. The summed E-state index contributed by atoms with van der Waals surface area (Å²) in [6, 6.07) is 0. The van der Waals surface area contributed by atoms with Gasteiger partial charge in [0.15, 0.2) is 11.9 Å². The molecule has 1 N–H and O–H groups in total. The number of esters is 1. The molecule has 0 aromatic heterocycles. The van der Waals surface area contributed by atoms with Crippen LogP contribution in [0.5, 0.6) is 0 Å². The quantitative estimate of drug-likeness (QED) is 0.542. The van der Waals surface area contributed by atoms with Gasteiger partial charge in [0.05, 0.1) is 5.60 Å². The van der Waals surface area contributed by atoms with Crippen molar-refractivity contribution in [3.8, 4) is 0 Å². The smallest absolute Gasteiger partial charge is 0.392 e. The van der Waals surface area contributed by atoms with Gasteiger partial charge in [-0.2, -0.15) is 17.2 Å². The molecular formula is C16H20F2O8S. The SMILES string of the molecule is O=C1OCC2OC3(OC12)C1CC2CC3CC(OCC(F)(F)S(=O)(=O)O)(C2)C1. The van der Waals surface area contributed by atoms with Gasteiger partial charge in [0.2, 0.25) is 0 Å². The Morgan fingerprint density at radius 3 is 2.44 bits per heavy atom. The second-order valence-corrected chi connectivity index (χ2v) is 10.0. The van der Waals surface area contributed by atoms with Crippen molar-refractivity contribution in [2.75, 3.05) is 13.2 Å². The molecule has 0 amide bonds. The molecule has 4 saturated carbocycles. The van der Waals surface area contributed by atoms with Gasteiger partial charge in [-0.25, -0.2) is 4.79 Å². The minimum absolute atomic E-state index is 0.124. The molecule has 6 aliphatic rings. The number of cyclic esters (lactones) is 1. The Kier molecular flexibility index (Phi) is 3.62. The first-order chi connectivity index (χ1) is 12.5. The second kappa shape index (κ2) is 5.38. The van der Waals surface area contributed by atoms with Crippen molar-refractivity contribution >= 4 is 16.1 Å². The molecule has 2 saturated heterocycles. The zero-order valence-corrected chi connectivity index (χ0v) is 15.1. The summed E-state index contributed by atoms with van der Waals surface area (Å²) in [5, 5.41) is -4.35. The summed E-state index contributed by atoms with van der Waals surface area (Å²) >= 11 is 0. The van der Waals surface area contributed by atoms with Crippen molar-refractivity contribution < 1.29 is 45.5 Å². The van der Waals surface area contributed by atoms with E-state index in [1.165, 1.54) is 0 Å². The van der Waals surface area contributed by atoms with Crippen LogP contribution in [0.25, 0.3) is 0 Å². The Bertz CT molecular complexity index is 767. The summed E-state index contributed by atoms with van der Waals surface area (Å²) < 4.78 is 80.4. The molecule has 2 heterocycles. The van der Waals surface area contributed by atoms with Gasteiger partial charge >= 0.3 is 21.3 Å². The molecule has 1 spiro atoms. The normalized spacial score (nSPS) is 48.3. The molecule has 4 unspecified atom stereocenters. The first-order valence-corrected chi connectivity index (χ1v) is 10.5. The summed E-state index contributed by atoms with van der Waals surface area (Å²) in [4.78, 5) is 11.8. The van der Waals surface area contributed by atoms with Gasteiger partial charge in [-0.05, 0) is 38.0 Å². The highest BCUT2D eigenvalue weighted by Gasteiger charge is 2.70. The fourth-order valence-electron chi connectivity index (χ4n) is 5.90. The Hall–Kier alpha value is -0.880. The van der Waals surface area contributed by atoms with E-state index in [9.17, 15) is 22.0 Å². The van der Waals surface area contributed by atoms with Crippen molar-refractivity contribution in [1.29, 1.82) is 0 Å². The number of rotatable bonds is 4. The largest absolute Gasteiger partial charge is 0.461 e. The van der Waals surface area contributed by atoms with Gasteiger partial charge in [-0.3, -0.25) is 4.55 Å². The van der Waals surface area contributed by atoms with Gasteiger partial charge in [0, 0.05) is 11.8 Å². The van der Waals surface area contributed by atoms with Crippen molar-refractivity contribution in [3.63, 3.8) is 0 Å². The molecule has 11 heteroatoms. The van der Waals surface area contributed by atoms with E-state index in [0.717, 1.165) is 12.8 Å². The van der Waals surface area contributed by atoms with Crippen molar-refractivity contribution in [2.24, 2.45) is 17.8 Å². The number of alkyl halides is 2. The third-order valence-electron chi connectivity index (χ3n) is 6.80. The highest BCUT2D eigenvalue weighted by atomic mass is 32.2. The number of carbonyl (C=O) groups is 1. The monoisotopic (exact) mass is 410 g/mol. The lowest BCUT2D eigenvalue weighted by Gasteiger charge is -2.62. The minimum Gasteiger partial charge on any atom is -0.461 e. The molecule has 2 aliphatic heterocycles. The molecular weight excluding hydrogens is 390 g/mol. The van der Waals surface area contributed by atoms with Gasteiger partial charge in [0.1, 0.15) is 19.3 Å². The summed E-state index contributed by atoms with van der Waals surface area (Å²) in [6.07, 6.45) is 1.70. The van der Waals surface area contributed by atoms with Crippen LogP contribution in [0, 0.1) is 17.8 Å². The maximum absolute atomic E-state index is 13.6. The lowest BCUT2D eigenvalue weighted by atomic mass is 9.51. The molecule has 152 valence electrons. The first kappa shape index (κ1) is 18.2. The predicted molar refractivity (Wildman–Crippen MR) is 82.2 cm³/mol. The fourth-order valence-corrected chi connectivity index (χ4v) is 6.10. The third-order valence-corrected chi connectivity index (χ3v) is 7.67. The number of halogens is 2. The Morgan fingerprint density at radius 2 is 1.85 bits per heavy atom. The molecule has 8 nitrogen and oxygen atoms in total. The molecule has 4 aliphatic carbocycles. The van der Waals surface area contributed by atoms with Gasteiger partial charge in [-0.1, -0.05) is 0 Å². The standard InChI is InChI=1S/C16H20F2O8S/c17-15(18,27(20,21)22)7-24-14-3-8-1-9(4-14)16(10(2-8)5-14)25-11-6-23-13(19)12(11)26-16/h8-12H,1-7H2,(H,20,21,22). The average Bonchev–Trinajstić information content (AvgIpc) is 3.10. The van der Waals surface area contributed by atoms with E-state index in [2.05, 4.69) is 0 Å². The molecule has 4 atom stereocenters. The molecule has 0 radical (unpaired) electrons. The molecule has 6 fully saturated rings. The van der Waals surface area contributed by atoms with Crippen LogP contribution in [0.2, 0.25) is 0 Å². The van der Waals surface area contributed by atoms with E-state index in [1.807, 2.05) is 0 Å². The predicted octanol–water partition coefficient (Wildman–Crippen LogP) is 1.10. The van der Waals surface area contributed by atoms with Crippen LogP contribution in [-0.2, 0) is 33.9 Å². The van der Waals surface area contributed by atoms with E-state index < -0.39 is 51.5 Å². The Labute approximate surface area is 154 Å². The fraction of sp³-hybridized carbons (Fsp3) is 0.938. The maximum Gasteiger partial charge on any atom is 0.392 e. The second-order valence-electron chi connectivity index (χ2n) is 8.47. The van der Waals surface area contributed by atoms with Crippen LogP contribution >= 0.6 is 0 Å². The van der Waals surface area contributed by atoms with Gasteiger partial charge in [-0.15, -0.1) is 0 Å². The average molecular weight is 410 g/mol. The minimum atomic E-state index is -5.53. The van der Waals surface area contributed by atoms with Crippen molar-refractivity contribution in [3.05, 3.63) is 0 Å². The van der Waals surface area contributed by atoms with E-state index in [1.54, 1.807) is 0 Å². The van der Waals surface area contributed by atoms with E-state index in [0.29, 0.717) is 19.3 Å². The number of ether oxygens (including phenoxy) is 4. The van der Waals surface area contributed by atoms with E-state index in [-0.39, 0.29) is 24.4 Å². The van der Waals surface area contributed by atoms with Crippen LogP contribution < -0.4 is 0 Å². The molecule has 0 aromatic carbocycles. The first-order valence-electron chi connectivity index (χ1n) is 9.05. The number of hydrogen-bond acceptors (Lipinski definition) is 7. The lowest BCUT2D eigenvalue weighted by molar-refractivity contribution is -0.332. The zero-order chi connectivity index (χ0) is 19.2. The number of fused-ring (bicyclic) bond motifs is 1. The molecule has 4 bridgehead atoms. The van der Waals surface area contributed by atoms with E-state index >= 15 is 0 Å². The lowest BCUT2D eigenvalue weighted by Crippen LogP contribution is -2.65. The number of carbonyl (C=O) groups excluding carboxylic acids is 1. The molecule has 6 rings (SSSR count). The van der Waals surface area contributed by atoms with Gasteiger partial charge in [0.25, 0.3) is 0 Å². The molecule has 27 heavy (non-hydrogen) atoms. The highest BCUT2D eigenvalue weighted by molar-refractivity contribution is 7.86. The van der Waals surface area contributed by atoms with Crippen LogP contribution in [0.3, 0.4) is 0 Å². The zero-order valence-electron chi connectivity index (χ0n) is 14.3. The van der Waals surface area contributed by atoms with Gasteiger partial charge < -0.3 is 18.9 Å². The Balaban J connectivity index is 1.36. The maximum atomic E-state index is 13.6. The van der Waals surface area contributed by atoms with Crippen molar-refractivity contribution in [2.45, 2.75) is 61.0 Å². The topological polar surface area (TPSA) is 108 Å². The summed E-state index contributed by atoms with van der Waals surface area (Å²) in [6.45, 7) is -1.24. The van der Waals surface area contributed by atoms with Crippen LogP contribution in [0.1, 0.15) is 32.1 Å². The highest BCUT2D eigenvalue weighted by Crippen LogP contribution is 2.64.